The van der Waals surface area contributed by atoms with Gasteiger partial charge in [0, 0.05) is 19.6 Å². The molecular formula is C11H22N2O2. The van der Waals surface area contributed by atoms with Gasteiger partial charge in [-0.15, -0.1) is 0 Å². The molecule has 1 amide bonds. The Morgan fingerprint density at radius 3 is 2.93 bits per heavy atom. The van der Waals surface area contributed by atoms with Crippen molar-refractivity contribution in [3.8, 4) is 0 Å². The summed E-state index contributed by atoms with van der Waals surface area (Å²) in [4.78, 5) is 11.5. The highest BCUT2D eigenvalue weighted by Crippen LogP contribution is 2.21. The smallest absolute Gasteiger partial charge is 0.220 e. The third kappa shape index (κ3) is 4.18. The van der Waals surface area contributed by atoms with Crippen molar-refractivity contribution in [2.24, 2.45) is 5.73 Å². The van der Waals surface area contributed by atoms with Gasteiger partial charge in [0.2, 0.25) is 5.91 Å². The molecule has 3 N–H and O–H groups in total. The van der Waals surface area contributed by atoms with Crippen molar-refractivity contribution in [2.45, 2.75) is 57.2 Å². The summed E-state index contributed by atoms with van der Waals surface area (Å²) in [7, 11) is 1.71. The summed E-state index contributed by atoms with van der Waals surface area (Å²) >= 11 is 0. The van der Waals surface area contributed by atoms with Crippen LogP contribution in [0.5, 0.6) is 0 Å². The summed E-state index contributed by atoms with van der Waals surface area (Å²) in [5.41, 5.74) is 5.60. The summed E-state index contributed by atoms with van der Waals surface area (Å²) in [6.07, 6.45) is 4.68. The minimum atomic E-state index is 0.0950. The number of ether oxygens (including phenoxy) is 1. The molecule has 0 aromatic heterocycles. The number of amides is 1. The predicted molar refractivity (Wildman–Crippen MR) is 59.5 cm³/mol. The second-order valence-corrected chi connectivity index (χ2v) is 4.40. The van der Waals surface area contributed by atoms with E-state index in [-0.39, 0.29) is 24.1 Å². The fourth-order valence-electron chi connectivity index (χ4n) is 2.01. The molecule has 88 valence electrons. The van der Waals surface area contributed by atoms with E-state index in [1.54, 1.807) is 7.11 Å². The van der Waals surface area contributed by atoms with Gasteiger partial charge in [-0.1, -0.05) is 0 Å². The number of rotatable bonds is 5. The van der Waals surface area contributed by atoms with Crippen molar-refractivity contribution in [3.63, 3.8) is 0 Å². The Morgan fingerprint density at radius 1 is 1.60 bits per heavy atom. The molecule has 15 heavy (non-hydrogen) atoms. The number of nitrogens with two attached hydrogens (primary N) is 1. The van der Waals surface area contributed by atoms with E-state index in [1.807, 2.05) is 6.92 Å². The first kappa shape index (κ1) is 12.5. The van der Waals surface area contributed by atoms with Crippen LogP contribution in [-0.4, -0.2) is 31.2 Å². The van der Waals surface area contributed by atoms with Gasteiger partial charge in [-0.2, -0.15) is 0 Å². The van der Waals surface area contributed by atoms with E-state index in [4.69, 9.17) is 10.5 Å². The van der Waals surface area contributed by atoms with Gasteiger partial charge in [0.05, 0.1) is 12.1 Å². The molecule has 1 fully saturated rings. The molecule has 1 saturated carbocycles. The lowest BCUT2D eigenvalue weighted by Gasteiger charge is -2.19. The summed E-state index contributed by atoms with van der Waals surface area (Å²) in [5, 5.41) is 3.02. The lowest BCUT2D eigenvalue weighted by molar-refractivity contribution is -0.122. The maximum absolute atomic E-state index is 11.5. The highest BCUT2D eigenvalue weighted by Gasteiger charge is 2.28. The average Bonchev–Trinajstić information content (AvgIpc) is 2.62. The van der Waals surface area contributed by atoms with E-state index in [1.165, 1.54) is 0 Å². The van der Waals surface area contributed by atoms with Gasteiger partial charge in [-0.25, -0.2) is 0 Å². The van der Waals surface area contributed by atoms with Gasteiger partial charge >= 0.3 is 0 Å². The number of hydrogen-bond acceptors (Lipinski definition) is 3. The number of hydrogen-bond donors (Lipinski definition) is 2. The van der Waals surface area contributed by atoms with Gasteiger partial charge in [0.1, 0.15) is 0 Å². The summed E-state index contributed by atoms with van der Waals surface area (Å²) in [6, 6.07) is 0.299. The monoisotopic (exact) mass is 214 g/mol. The molecular weight excluding hydrogens is 192 g/mol. The van der Waals surface area contributed by atoms with E-state index < -0.39 is 0 Å². The van der Waals surface area contributed by atoms with Crippen LogP contribution >= 0.6 is 0 Å². The van der Waals surface area contributed by atoms with E-state index in [0.29, 0.717) is 6.42 Å². The van der Waals surface area contributed by atoms with Crippen molar-refractivity contribution in [3.05, 3.63) is 0 Å². The third-order valence-corrected chi connectivity index (χ3v) is 2.93. The minimum Gasteiger partial charge on any atom is -0.379 e. The van der Waals surface area contributed by atoms with Crippen LogP contribution in [0.3, 0.4) is 0 Å². The molecule has 0 aromatic carbocycles. The molecule has 4 heteroatoms. The Hall–Kier alpha value is -0.610. The van der Waals surface area contributed by atoms with Crippen LogP contribution in [0, 0.1) is 0 Å². The van der Waals surface area contributed by atoms with Crippen molar-refractivity contribution in [2.75, 3.05) is 7.11 Å². The zero-order chi connectivity index (χ0) is 11.3. The van der Waals surface area contributed by atoms with Crippen LogP contribution in [-0.2, 0) is 9.53 Å². The zero-order valence-corrected chi connectivity index (χ0v) is 9.66. The van der Waals surface area contributed by atoms with Crippen molar-refractivity contribution < 1.29 is 9.53 Å². The summed E-state index contributed by atoms with van der Waals surface area (Å²) < 4.78 is 5.31. The molecule has 0 saturated heterocycles. The maximum atomic E-state index is 11.5. The van der Waals surface area contributed by atoms with Gasteiger partial charge in [0.25, 0.3) is 0 Å². The molecule has 1 aliphatic carbocycles. The van der Waals surface area contributed by atoms with Crippen LogP contribution in [0.15, 0.2) is 0 Å². The van der Waals surface area contributed by atoms with Crippen LogP contribution in [0.25, 0.3) is 0 Å². The van der Waals surface area contributed by atoms with E-state index >= 15 is 0 Å². The predicted octanol–water partition coefficient (Wildman–Crippen LogP) is 0.797. The Kier molecular flexibility index (Phi) is 5.05. The second-order valence-electron chi connectivity index (χ2n) is 4.40. The lowest BCUT2D eigenvalue weighted by Crippen LogP contribution is -2.41. The van der Waals surface area contributed by atoms with Gasteiger partial charge in [0.15, 0.2) is 0 Å². The Labute approximate surface area is 91.5 Å². The molecule has 3 atom stereocenters. The molecule has 0 aliphatic heterocycles. The highest BCUT2D eigenvalue weighted by molar-refractivity contribution is 5.76. The first-order valence-corrected chi connectivity index (χ1v) is 5.71. The van der Waals surface area contributed by atoms with Crippen LogP contribution in [0.1, 0.15) is 39.0 Å². The largest absolute Gasteiger partial charge is 0.379 e. The first-order valence-electron chi connectivity index (χ1n) is 5.71. The highest BCUT2D eigenvalue weighted by atomic mass is 16.5. The third-order valence-electron chi connectivity index (χ3n) is 2.93. The number of methoxy groups -OCH3 is 1. The van der Waals surface area contributed by atoms with E-state index in [0.717, 1.165) is 25.7 Å². The quantitative estimate of drug-likeness (QED) is 0.711. The summed E-state index contributed by atoms with van der Waals surface area (Å²) in [6.45, 7) is 1.92. The molecule has 3 unspecified atom stereocenters. The van der Waals surface area contributed by atoms with Crippen molar-refractivity contribution >= 4 is 5.91 Å². The van der Waals surface area contributed by atoms with E-state index in [2.05, 4.69) is 5.32 Å². The maximum Gasteiger partial charge on any atom is 0.220 e. The van der Waals surface area contributed by atoms with Gasteiger partial charge in [-0.05, 0) is 32.6 Å². The molecule has 0 aromatic rings. The fourth-order valence-corrected chi connectivity index (χ4v) is 2.01. The molecule has 1 aliphatic rings. The van der Waals surface area contributed by atoms with Crippen LogP contribution in [0.4, 0.5) is 0 Å². The normalized spacial score (nSPS) is 27.7. The standard InChI is InChI=1S/C11H22N2O2/c1-8(12)6-7-11(14)13-9-4-3-5-10(9)15-2/h8-10H,3-7,12H2,1-2H3,(H,13,14). The molecule has 4 nitrogen and oxygen atoms in total. The molecule has 0 spiro atoms. The average molecular weight is 214 g/mol. The minimum absolute atomic E-state index is 0.0950. The summed E-state index contributed by atoms with van der Waals surface area (Å²) in [5.74, 6) is 0.0984. The molecule has 0 radical (unpaired) electrons. The fraction of sp³-hybridized carbons (Fsp3) is 0.909. The Balaban J connectivity index is 2.24. The van der Waals surface area contributed by atoms with Gasteiger partial charge in [-0.3, -0.25) is 4.79 Å². The Morgan fingerprint density at radius 2 is 2.33 bits per heavy atom. The van der Waals surface area contributed by atoms with Crippen molar-refractivity contribution in [1.82, 2.24) is 5.32 Å². The topological polar surface area (TPSA) is 64.3 Å². The second kappa shape index (κ2) is 6.08. The SMILES string of the molecule is COC1CCCC1NC(=O)CCC(C)N. The Bertz CT molecular complexity index is 207. The lowest BCUT2D eigenvalue weighted by atomic mass is 10.1. The molecule has 1 rings (SSSR count). The number of carbonyl (C=O) groups is 1. The van der Waals surface area contributed by atoms with Crippen LogP contribution in [0.2, 0.25) is 0 Å². The number of carbonyl (C=O) groups excluding carboxylic acids is 1. The molecule has 0 heterocycles. The number of nitrogens with one attached hydrogen (secondary N) is 1. The van der Waals surface area contributed by atoms with Gasteiger partial charge < -0.3 is 15.8 Å². The van der Waals surface area contributed by atoms with Crippen LogP contribution < -0.4 is 11.1 Å². The molecule has 0 bridgehead atoms. The van der Waals surface area contributed by atoms with Crippen molar-refractivity contribution in [1.29, 1.82) is 0 Å². The van der Waals surface area contributed by atoms with E-state index in [9.17, 15) is 4.79 Å². The zero-order valence-electron chi connectivity index (χ0n) is 9.66. The first-order chi connectivity index (χ1) is 7.13.